The van der Waals surface area contributed by atoms with E-state index in [1.54, 1.807) is 18.4 Å². The summed E-state index contributed by atoms with van der Waals surface area (Å²) in [5.74, 6) is 2.04. The molecule has 0 bridgehead atoms. The van der Waals surface area contributed by atoms with Gasteiger partial charge < -0.3 is 16.4 Å². The highest BCUT2D eigenvalue weighted by Crippen LogP contribution is 2.28. The maximum Gasteiger partial charge on any atom is 0.281 e. The molecule has 11 heteroatoms. The summed E-state index contributed by atoms with van der Waals surface area (Å²) in [5, 5.41) is 11.9. The van der Waals surface area contributed by atoms with Crippen LogP contribution in [0, 0.1) is 0 Å². The Labute approximate surface area is 197 Å². The van der Waals surface area contributed by atoms with Gasteiger partial charge in [0.2, 0.25) is 0 Å². The topological polar surface area (TPSA) is 121 Å². The van der Waals surface area contributed by atoms with Crippen molar-refractivity contribution in [3.8, 4) is 0 Å². The minimum Gasteiger partial charge on any atom is -0.367 e. The number of fused-ring (bicyclic) bond motifs is 1. The van der Waals surface area contributed by atoms with Crippen molar-refractivity contribution in [3.63, 3.8) is 0 Å². The molecular formula is C22H38N8O2S. The summed E-state index contributed by atoms with van der Waals surface area (Å²) in [6.07, 6.45) is 7.52. The third kappa shape index (κ3) is 5.26. The van der Waals surface area contributed by atoms with Gasteiger partial charge >= 0.3 is 0 Å². The van der Waals surface area contributed by atoms with Crippen LogP contribution in [0.15, 0.2) is 12.3 Å². The molecule has 0 unspecified atom stereocenters. The average molecular weight is 479 g/mol. The van der Waals surface area contributed by atoms with E-state index < -0.39 is 10.2 Å². The van der Waals surface area contributed by atoms with Crippen LogP contribution in [-0.4, -0.2) is 76.9 Å². The van der Waals surface area contributed by atoms with Crippen LogP contribution in [0.1, 0.15) is 63.9 Å². The summed E-state index contributed by atoms with van der Waals surface area (Å²) < 4.78 is 29.6. The smallest absolute Gasteiger partial charge is 0.281 e. The van der Waals surface area contributed by atoms with E-state index in [1.807, 2.05) is 16.8 Å². The summed E-state index contributed by atoms with van der Waals surface area (Å²) in [6.45, 7) is 5.29. The van der Waals surface area contributed by atoms with E-state index >= 15 is 0 Å². The van der Waals surface area contributed by atoms with Crippen molar-refractivity contribution >= 4 is 27.5 Å². The van der Waals surface area contributed by atoms with Gasteiger partial charge in [-0.25, -0.2) is 4.98 Å². The van der Waals surface area contributed by atoms with Crippen LogP contribution in [0.5, 0.6) is 0 Å². The standard InChI is InChI=1S/C22H38N8O2S/c1-15(2)19-14-24-30-21(26-18-9-11-29(12-10-18)33(31,32)28(3)4)13-20(27-22(19)30)25-17-7-5-16(23)6-8-17/h13-18,26H,5-12,23H2,1-4H3,(H,25,27). The Hall–Kier alpha value is -1.95. The number of nitrogens with two attached hydrogens (primary N) is 1. The van der Waals surface area contributed by atoms with Gasteiger partial charge in [0.1, 0.15) is 11.6 Å². The molecule has 2 fully saturated rings. The van der Waals surface area contributed by atoms with Gasteiger partial charge in [-0.05, 0) is 44.4 Å². The highest BCUT2D eigenvalue weighted by molar-refractivity contribution is 7.86. The van der Waals surface area contributed by atoms with E-state index in [2.05, 4.69) is 29.6 Å². The second-order valence-corrected chi connectivity index (χ2v) is 12.0. The summed E-state index contributed by atoms with van der Waals surface area (Å²) in [7, 11) is -0.221. The van der Waals surface area contributed by atoms with Crippen LogP contribution in [0.2, 0.25) is 0 Å². The Balaban J connectivity index is 1.54. The molecule has 0 radical (unpaired) electrons. The molecule has 1 aliphatic heterocycles. The van der Waals surface area contributed by atoms with Crippen LogP contribution in [-0.2, 0) is 10.2 Å². The zero-order valence-corrected chi connectivity index (χ0v) is 21.0. The van der Waals surface area contributed by atoms with E-state index in [4.69, 9.17) is 10.7 Å². The molecule has 33 heavy (non-hydrogen) atoms. The molecule has 2 aromatic heterocycles. The fraction of sp³-hybridized carbons (Fsp3) is 0.727. The number of nitrogens with one attached hydrogen (secondary N) is 2. The molecule has 4 rings (SSSR count). The second kappa shape index (κ2) is 9.73. The van der Waals surface area contributed by atoms with E-state index in [0.717, 1.165) is 61.4 Å². The Bertz CT molecular complexity index is 1050. The zero-order valence-electron chi connectivity index (χ0n) is 20.2. The van der Waals surface area contributed by atoms with Crippen molar-refractivity contribution in [1.29, 1.82) is 0 Å². The zero-order chi connectivity index (χ0) is 23.8. The highest BCUT2D eigenvalue weighted by Gasteiger charge is 2.30. The maximum absolute atomic E-state index is 12.4. The van der Waals surface area contributed by atoms with Gasteiger partial charge in [-0.3, -0.25) is 0 Å². The lowest BCUT2D eigenvalue weighted by atomic mass is 9.92. The van der Waals surface area contributed by atoms with Gasteiger partial charge in [0.05, 0.1) is 6.20 Å². The number of nitrogens with zero attached hydrogens (tertiary/aromatic N) is 5. The molecule has 4 N–H and O–H groups in total. The van der Waals surface area contributed by atoms with Crippen molar-refractivity contribution in [3.05, 3.63) is 17.8 Å². The molecule has 184 valence electrons. The summed E-state index contributed by atoms with van der Waals surface area (Å²) in [4.78, 5) is 4.91. The van der Waals surface area contributed by atoms with Gasteiger partial charge in [-0.2, -0.15) is 26.6 Å². The Kier molecular flexibility index (Phi) is 7.13. The second-order valence-electron chi connectivity index (χ2n) is 9.88. The van der Waals surface area contributed by atoms with E-state index in [1.165, 1.54) is 4.31 Å². The van der Waals surface area contributed by atoms with Crippen molar-refractivity contribution in [2.75, 3.05) is 37.8 Å². The van der Waals surface area contributed by atoms with Crippen LogP contribution in [0.25, 0.3) is 5.65 Å². The number of rotatable bonds is 7. The quantitative estimate of drug-likeness (QED) is 0.558. The summed E-state index contributed by atoms with van der Waals surface area (Å²) in [6, 6.07) is 2.87. The monoisotopic (exact) mass is 478 g/mol. The van der Waals surface area contributed by atoms with Gasteiger partial charge in [0.25, 0.3) is 10.2 Å². The van der Waals surface area contributed by atoms with E-state index in [-0.39, 0.29) is 6.04 Å². The number of aromatic nitrogens is 3. The van der Waals surface area contributed by atoms with Gasteiger partial charge in [-0.1, -0.05) is 13.8 Å². The molecular weight excluding hydrogens is 440 g/mol. The van der Waals surface area contributed by atoms with Crippen molar-refractivity contribution in [1.82, 2.24) is 23.2 Å². The molecule has 2 aromatic rings. The highest BCUT2D eigenvalue weighted by atomic mass is 32.2. The third-order valence-corrected chi connectivity index (χ3v) is 8.78. The first-order valence-corrected chi connectivity index (χ1v) is 13.4. The Morgan fingerprint density at radius 3 is 2.30 bits per heavy atom. The third-order valence-electron chi connectivity index (χ3n) is 6.84. The molecule has 0 amide bonds. The molecule has 0 spiro atoms. The lowest BCUT2D eigenvalue weighted by molar-refractivity contribution is 0.310. The fourth-order valence-electron chi connectivity index (χ4n) is 4.71. The molecule has 2 aliphatic rings. The van der Waals surface area contributed by atoms with Gasteiger partial charge in [0.15, 0.2) is 5.65 Å². The lowest BCUT2D eigenvalue weighted by Gasteiger charge is -2.33. The number of hydrogen-bond acceptors (Lipinski definition) is 7. The normalized spacial score (nSPS) is 23.5. The van der Waals surface area contributed by atoms with Crippen molar-refractivity contribution in [2.45, 2.75) is 76.4 Å². The van der Waals surface area contributed by atoms with Crippen LogP contribution in [0.4, 0.5) is 11.6 Å². The average Bonchev–Trinajstić information content (AvgIpc) is 3.20. The number of anilines is 2. The molecule has 1 saturated carbocycles. The fourth-order valence-corrected chi connectivity index (χ4v) is 5.84. The van der Waals surface area contributed by atoms with E-state index in [0.29, 0.717) is 31.1 Å². The molecule has 0 aromatic carbocycles. The SMILES string of the molecule is CC(C)c1cnn2c(NC3CCN(S(=O)(=O)N(C)C)CC3)cc(NC3CCC(N)CC3)nc12. The molecule has 0 atom stereocenters. The first-order chi connectivity index (χ1) is 15.6. The van der Waals surface area contributed by atoms with Crippen LogP contribution in [0.3, 0.4) is 0 Å². The van der Waals surface area contributed by atoms with Gasteiger partial charge in [-0.15, -0.1) is 0 Å². The maximum atomic E-state index is 12.4. The van der Waals surface area contributed by atoms with Crippen LogP contribution >= 0.6 is 0 Å². The molecule has 10 nitrogen and oxygen atoms in total. The van der Waals surface area contributed by atoms with Gasteiger partial charge in [0, 0.05) is 56.9 Å². The molecule has 3 heterocycles. The number of piperidine rings is 1. The minimum absolute atomic E-state index is 0.163. The number of hydrogen-bond donors (Lipinski definition) is 3. The first kappa shape index (κ1) is 24.2. The minimum atomic E-state index is -3.37. The predicted octanol–water partition coefficient (Wildman–Crippen LogP) is 2.22. The predicted molar refractivity (Wildman–Crippen MR) is 132 cm³/mol. The summed E-state index contributed by atoms with van der Waals surface area (Å²) >= 11 is 0. The van der Waals surface area contributed by atoms with Crippen molar-refractivity contribution < 1.29 is 8.42 Å². The molecule has 1 aliphatic carbocycles. The largest absolute Gasteiger partial charge is 0.367 e. The Morgan fingerprint density at radius 1 is 1.06 bits per heavy atom. The lowest BCUT2D eigenvalue weighted by Crippen LogP contribution is -2.46. The van der Waals surface area contributed by atoms with Crippen LogP contribution < -0.4 is 16.4 Å². The summed E-state index contributed by atoms with van der Waals surface area (Å²) in [5.41, 5.74) is 8.05. The van der Waals surface area contributed by atoms with Crippen molar-refractivity contribution in [2.24, 2.45) is 5.73 Å². The molecule has 1 saturated heterocycles. The first-order valence-electron chi connectivity index (χ1n) is 12.0. The van der Waals surface area contributed by atoms with E-state index in [9.17, 15) is 8.42 Å². The Morgan fingerprint density at radius 2 is 1.70 bits per heavy atom.